The fourth-order valence-corrected chi connectivity index (χ4v) is 1.75. The van der Waals surface area contributed by atoms with Crippen LogP contribution < -0.4 is 5.73 Å². The van der Waals surface area contributed by atoms with E-state index < -0.39 is 0 Å². The van der Waals surface area contributed by atoms with Crippen LogP contribution in [-0.2, 0) is 0 Å². The monoisotopic (exact) mass is 249 g/mol. The molecule has 0 saturated heterocycles. The van der Waals surface area contributed by atoms with Crippen LogP contribution in [0.15, 0.2) is 18.2 Å². The van der Waals surface area contributed by atoms with Crippen LogP contribution in [0.3, 0.4) is 0 Å². The molecule has 1 aromatic rings. The number of aryl methyl sites for hydroxylation is 1. The van der Waals surface area contributed by atoms with Crippen molar-refractivity contribution in [2.75, 3.05) is 6.61 Å². The molecule has 0 aromatic heterocycles. The molecule has 15 heavy (non-hydrogen) atoms. The Hall–Kier alpha value is -0.280. The van der Waals surface area contributed by atoms with Gasteiger partial charge in [0.15, 0.2) is 0 Å². The zero-order valence-electron chi connectivity index (χ0n) is 8.74. The van der Waals surface area contributed by atoms with Crippen LogP contribution in [0.25, 0.3) is 0 Å². The third-order valence-corrected chi connectivity index (χ3v) is 2.54. The van der Waals surface area contributed by atoms with Gasteiger partial charge in [-0.1, -0.05) is 17.7 Å². The Labute approximate surface area is 102 Å². The summed E-state index contributed by atoms with van der Waals surface area (Å²) in [6.07, 6.45) is 1.54. The minimum Gasteiger partial charge on any atom is -0.396 e. The van der Waals surface area contributed by atoms with Crippen molar-refractivity contribution in [2.24, 2.45) is 5.73 Å². The molecule has 1 atom stereocenters. The average molecular weight is 250 g/mol. The Bertz CT molecular complexity index is 305. The van der Waals surface area contributed by atoms with Crippen molar-refractivity contribution < 1.29 is 5.11 Å². The van der Waals surface area contributed by atoms with Crippen molar-refractivity contribution in [3.8, 4) is 0 Å². The van der Waals surface area contributed by atoms with E-state index in [-0.39, 0.29) is 25.1 Å². The zero-order valence-corrected chi connectivity index (χ0v) is 10.3. The highest BCUT2D eigenvalue weighted by Crippen LogP contribution is 2.22. The summed E-state index contributed by atoms with van der Waals surface area (Å²) in [4.78, 5) is 0. The van der Waals surface area contributed by atoms with Gasteiger partial charge in [0.1, 0.15) is 0 Å². The zero-order chi connectivity index (χ0) is 10.6. The first-order chi connectivity index (χ1) is 6.65. The summed E-state index contributed by atoms with van der Waals surface area (Å²) in [6, 6.07) is 5.72. The molecule has 1 rings (SSSR count). The summed E-state index contributed by atoms with van der Waals surface area (Å²) in [6.45, 7) is 2.19. The van der Waals surface area contributed by atoms with Crippen molar-refractivity contribution in [3.05, 3.63) is 34.3 Å². The van der Waals surface area contributed by atoms with Gasteiger partial charge in [0.2, 0.25) is 0 Å². The van der Waals surface area contributed by atoms with Crippen LogP contribution in [-0.4, -0.2) is 11.7 Å². The van der Waals surface area contributed by atoms with Crippen molar-refractivity contribution >= 4 is 24.0 Å². The minimum atomic E-state index is -0.000540. The molecule has 2 nitrogen and oxygen atoms in total. The number of aliphatic hydroxyl groups excluding tert-OH is 1. The summed E-state index contributed by atoms with van der Waals surface area (Å²) in [7, 11) is 0. The number of halogens is 2. The van der Waals surface area contributed by atoms with Gasteiger partial charge in [-0.2, -0.15) is 0 Å². The van der Waals surface area contributed by atoms with Gasteiger partial charge >= 0.3 is 0 Å². The van der Waals surface area contributed by atoms with Gasteiger partial charge < -0.3 is 10.8 Å². The fourth-order valence-electron chi connectivity index (χ4n) is 1.52. The molecule has 0 aliphatic rings. The Kier molecular flexibility index (Phi) is 6.94. The third kappa shape index (κ3) is 4.39. The number of benzene rings is 1. The Morgan fingerprint density at radius 2 is 2.13 bits per heavy atom. The lowest BCUT2D eigenvalue weighted by atomic mass is 9.98. The summed E-state index contributed by atoms with van der Waals surface area (Å²) in [5, 5.41) is 9.44. The van der Waals surface area contributed by atoms with E-state index in [1.807, 2.05) is 25.1 Å². The van der Waals surface area contributed by atoms with Gasteiger partial charge in [-0.25, -0.2) is 0 Å². The van der Waals surface area contributed by atoms with Gasteiger partial charge in [-0.3, -0.25) is 0 Å². The predicted molar refractivity (Wildman–Crippen MR) is 66.7 cm³/mol. The van der Waals surface area contributed by atoms with Crippen molar-refractivity contribution in [1.82, 2.24) is 0 Å². The van der Waals surface area contributed by atoms with Crippen LogP contribution in [0.2, 0.25) is 5.02 Å². The molecular formula is C11H17Cl2NO. The number of aliphatic hydroxyl groups is 1. The average Bonchev–Trinajstić information content (AvgIpc) is 2.14. The SMILES string of the molecule is Cc1cc(Cl)ccc1[C@H](N)CCCO.Cl. The molecule has 4 heteroatoms. The largest absolute Gasteiger partial charge is 0.396 e. The summed E-state index contributed by atoms with van der Waals surface area (Å²) >= 11 is 5.85. The smallest absolute Gasteiger partial charge is 0.0431 e. The van der Waals surface area contributed by atoms with Gasteiger partial charge in [0, 0.05) is 17.7 Å². The van der Waals surface area contributed by atoms with E-state index in [4.69, 9.17) is 22.4 Å². The molecule has 0 spiro atoms. The van der Waals surface area contributed by atoms with Gasteiger partial charge in [-0.15, -0.1) is 12.4 Å². The second kappa shape index (κ2) is 7.07. The van der Waals surface area contributed by atoms with E-state index in [2.05, 4.69) is 0 Å². The predicted octanol–water partition coefficient (Wildman–Crippen LogP) is 2.84. The molecule has 0 radical (unpaired) electrons. The van der Waals surface area contributed by atoms with Gasteiger partial charge in [0.05, 0.1) is 0 Å². The van der Waals surface area contributed by atoms with Crippen molar-refractivity contribution in [1.29, 1.82) is 0 Å². The van der Waals surface area contributed by atoms with Crippen molar-refractivity contribution in [2.45, 2.75) is 25.8 Å². The Morgan fingerprint density at radius 3 is 2.67 bits per heavy atom. The topological polar surface area (TPSA) is 46.2 Å². The Morgan fingerprint density at radius 1 is 1.47 bits per heavy atom. The first kappa shape index (κ1) is 14.7. The van der Waals surface area contributed by atoms with Crippen LogP contribution in [0.1, 0.15) is 30.0 Å². The highest BCUT2D eigenvalue weighted by atomic mass is 35.5. The van der Waals surface area contributed by atoms with Gasteiger partial charge in [0.25, 0.3) is 0 Å². The first-order valence-electron chi connectivity index (χ1n) is 4.77. The number of hydrogen-bond acceptors (Lipinski definition) is 2. The number of rotatable bonds is 4. The van der Waals surface area contributed by atoms with Crippen LogP contribution in [0.5, 0.6) is 0 Å². The minimum absolute atomic E-state index is 0. The summed E-state index contributed by atoms with van der Waals surface area (Å²) < 4.78 is 0. The molecule has 0 aliphatic carbocycles. The van der Waals surface area contributed by atoms with Crippen LogP contribution in [0.4, 0.5) is 0 Å². The third-order valence-electron chi connectivity index (χ3n) is 2.30. The molecular weight excluding hydrogens is 233 g/mol. The molecule has 0 bridgehead atoms. The van der Waals surface area contributed by atoms with Crippen LogP contribution in [0, 0.1) is 6.92 Å². The van der Waals surface area contributed by atoms with E-state index >= 15 is 0 Å². The standard InChI is InChI=1S/C11H16ClNO.ClH/c1-8-7-9(12)4-5-10(8)11(13)3-2-6-14;/h4-5,7,11,14H,2-3,6,13H2,1H3;1H/t11-;/m1./s1. The lowest BCUT2D eigenvalue weighted by molar-refractivity contribution is 0.280. The van der Waals surface area contributed by atoms with E-state index in [0.717, 1.165) is 29.0 Å². The second-order valence-corrected chi connectivity index (χ2v) is 3.91. The quantitative estimate of drug-likeness (QED) is 0.863. The fraction of sp³-hybridized carbons (Fsp3) is 0.455. The molecule has 0 saturated carbocycles. The van der Waals surface area contributed by atoms with E-state index in [0.29, 0.717) is 0 Å². The molecule has 0 heterocycles. The normalized spacial score (nSPS) is 12.0. The summed E-state index contributed by atoms with van der Waals surface area (Å²) in [5.41, 5.74) is 8.21. The molecule has 1 aromatic carbocycles. The van der Waals surface area contributed by atoms with E-state index in [1.54, 1.807) is 0 Å². The lowest BCUT2D eigenvalue weighted by Crippen LogP contribution is -2.12. The lowest BCUT2D eigenvalue weighted by Gasteiger charge is -2.14. The summed E-state index contributed by atoms with van der Waals surface area (Å²) in [5.74, 6) is 0. The molecule has 0 aliphatic heterocycles. The maximum absolute atomic E-state index is 8.70. The molecule has 0 fully saturated rings. The first-order valence-corrected chi connectivity index (χ1v) is 5.15. The Balaban J connectivity index is 0.00000196. The highest BCUT2D eigenvalue weighted by Gasteiger charge is 2.08. The molecule has 0 unspecified atom stereocenters. The highest BCUT2D eigenvalue weighted by molar-refractivity contribution is 6.30. The molecule has 3 N–H and O–H groups in total. The second-order valence-electron chi connectivity index (χ2n) is 3.47. The van der Waals surface area contributed by atoms with Crippen LogP contribution >= 0.6 is 24.0 Å². The van der Waals surface area contributed by atoms with E-state index in [9.17, 15) is 0 Å². The number of hydrogen-bond donors (Lipinski definition) is 2. The van der Waals surface area contributed by atoms with E-state index in [1.165, 1.54) is 0 Å². The maximum Gasteiger partial charge on any atom is 0.0431 e. The number of nitrogens with two attached hydrogens (primary N) is 1. The maximum atomic E-state index is 8.70. The molecule has 86 valence electrons. The molecule has 0 amide bonds. The van der Waals surface area contributed by atoms with Crippen molar-refractivity contribution in [3.63, 3.8) is 0 Å². The van der Waals surface area contributed by atoms with Gasteiger partial charge in [-0.05, 0) is 43.0 Å².